The smallest absolute Gasteiger partial charge is 0.257 e. The van der Waals surface area contributed by atoms with Crippen molar-refractivity contribution in [1.82, 2.24) is 14.8 Å². The van der Waals surface area contributed by atoms with Crippen molar-refractivity contribution in [2.75, 3.05) is 10.7 Å². The average Bonchev–Trinajstić information content (AvgIpc) is 2.84. The highest BCUT2D eigenvalue weighted by Gasteiger charge is 2.11. The molecule has 7 nitrogen and oxygen atoms in total. The topological polar surface area (TPSA) is 97.9 Å². The number of carbonyl (C=O) groups excluding carboxylic acids is 1. The molecule has 4 N–H and O–H groups in total. The number of hydrazine groups is 1. The summed E-state index contributed by atoms with van der Waals surface area (Å²) in [5.41, 5.74) is 3.81. The first-order valence-corrected chi connectivity index (χ1v) is 6.41. The minimum atomic E-state index is -0.236. The Labute approximate surface area is 117 Å². The van der Waals surface area contributed by atoms with Crippen molar-refractivity contribution in [1.29, 1.82) is 0 Å². The third-order valence-corrected chi connectivity index (χ3v) is 2.75. The SMILES string of the molecule is CCCc1cc(C(=O)Nc2ccn(C)n2)cc(NN)n1. The summed E-state index contributed by atoms with van der Waals surface area (Å²) in [6.07, 6.45) is 3.50. The second-order valence-electron chi connectivity index (χ2n) is 4.46. The molecule has 0 saturated carbocycles. The molecule has 0 aliphatic rings. The molecule has 2 aromatic heterocycles. The van der Waals surface area contributed by atoms with Gasteiger partial charge in [-0.2, -0.15) is 5.10 Å². The van der Waals surface area contributed by atoms with E-state index in [1.54, 1.807) is 36.1 Å². The third-order valence-electron chi connectivity index (χ3n) is 2.75. The molecule has 0 unspecified atom stereocenters. The fourth-order valence-electron chi connectivity index (χ4n) is 1.85. The molecule has 0 aromatic carbocycles. The van der Waals surface area contributed by atoms with Crippen molar-refractivity contribution in [3.05, 3.63) is 35.7 Å². The second kappa shape index (κ2) is 6.16. The fraction of sp³-hybridized carbons (Fsp3) is 0.308. The van der Waals surface area contributed by atoms with Crippen LogP contribution in [0.25, 0.3) is 0 Å². The van der Waals surface area contributed by atoms with E-state index in [1.807, 2.05) is 0 Å². The zero-order valence-electron chi connectivity index (χ0n) is 11.6. The summed E-state index contributed by atoms with van der Waals surface area (Å²) in [5.74, 6) is 6.13. The molecule has 0 saturated heterocycles. The molecule has 20 heavy (non-hydrogen) atoms. The Kier molecular flexibility index (Phi) is 4.31. The monoisotopic (exact) mass is 274 g/mol. The van der Waals surface area contributed by atoms with Gasteiger partial charge < -0.3 is 10.7 Å². The van der Waals surface area contributed by atoms with E-state index in [-0.39, 0.29) is 5.91 Å². The van der Waals surface area contributed by atoms with Crippen molar-refractivity contribution in [3.8, 4) is 0 Å². The number of hydrogen-bond acceptors (Lipinski definition) is 5. The second-order valence-corrected chi connectivity index (χ2v) is 4.46. The van der Waals surface area contributed by atoms with E-state index >= 15 is 0 Å². The van der Waals surface area contributed by atoms with Gasteiger partial charge >= 0.3 is 0 Å². The number of nitrogens with one attached hydrogen (secondary N) is 2. The summed E-state index contributed by atoms with van der Waals surface area (Å²) >= 11 is 0. The first kappa shape index (κ1) is 14.0. The van der Waals surface area contributed by atoms with Crippen molar-refractivity contribution in [2.24, 2.45) is 12.9 Å². The van der Waals surface area contributed by atoms with Crippen LogP contribution in [0.1, 0.15) is 29.4 Å². The molecule has 0 radical (unpaired) electrons. The average molecular weight is 274 g/mol. The first-order chi connectivity index (χ1) is 9.62. The number of aromatic nitrogens is 3. The Bertz CT molecular complexity index is 607. The lowest BCUT2D eigenvalue weighted by molar-refractivity contribution is 0.102. The summed E-state index contributed by atoms with van der Waals surface area (Å²) in [4.78, 5) is 16.5. The van der Waals surface area contributed by atoms with Gasteiger partial charge in [0.05, 0.1) is 0 Å². The standard InChI is InChI=1S/C13H18N6O/c1-3-4-10-7-9(8-12(15-10)17-14)13(20)16-11-5-6-19(2)18-11/h5-8H,3-4,14H2,1-2H3,(H,15,17)(H,16,18,20). The number of anilines is 2. The number of nitrogens with two attached hydrogens (primary N) is 1. The van der Waals surface area contributed by atoms with Gasteiger partial charge in [0.25, 0.3) is 5.91 Å². The number of nitrogens with zero attached hydrogens (tertiary/aromatic N) is 3. The summed E-state index contributed by atoms with van der Waals surface area (Å²) in [6, 6.07) is 5.11. The molecule has 0 aliphatic heterocycles. The number of pyridine rings is 1. The van der Waals surface area contributed by atoms with Gasteiger partial charge in [-0.15, -0.1) is 0 Å². The normalized spacial score (nSPS) is 10.3. The Morgan fingerprint density at radius 2 is 2.20 bits per heavy atom. The van der Waals surface area contributed by atoms with Crippen molar-refractivity contribution in [2.45, 2.75) is 19.8 Å². The number of amides is 1. The van der Waals surface area contributed by atoms with Crippen LogP contribution in [0.3, 0.4) is 0 Å². The largest absolute Gasteiger partial charge is 0.308 e. The molecule has 2 heterocycles. The van der Waals surface area contributed by atoms with Crippen LogP contribution in [0.5, 0.6) is 0 Å². The van der Waals surface area contributed by atoms with Gasteiger partial charge in [-0.05, 0) is 18.6 Å². The Balaban J connectivity index is 2.21. The highest BCUT2D eigenvalue weighted by molar-refractivity contribution is 6.04. The Morgan fingerprint density at radius 3 is 2.80 bits per heavy atom. The molecule has 2 rings (SSSR count). The molecule has 0 atom stereocenters. The molecule has 2 aromatic rings. The van der Waals surface area contributed by atoms with Crippen LogP contribution >= 0.6 is 0 Å². The maximum Gasteiger partial charge on any atom is 0.257 e. The maximum atomic E-state index is 12.2. The van der Waals surface area contributed by atoms with Gasteiger partial charge in [-0.3, -0.25) is 9.48 Å². The van der Waals surface area contributed by atoms with Crippen LogP contribution in [-0.2, 0) is 13.5 Å². The zero-order valence-corrected chi connectivity index (χ0v) is 11.6. The molecule has 0 fully saturated rings. The van der Waals surface area contributed by atoms with E-state index in [9.17, 15) is 4.79 Å². The van der Waals surface area contributed by atoms with Crippen LogP contribution in [-0.4, -0.2) is 20.7 Å². The third kappa shape index (κ3) is 3.33. The van der Waals surface area contributed by atoms with Crippen LogP contribution in [0.4, 0.5) is 11.6 Å². The molecule has 7 heteroatoms. The van der Waals surface area contributed by atoms with E-state index in [0.29, 0.717) is 17.2 Å². The van der Waals surface area contributed by atoms with Gasteiger partial charge in [0, 0.05) is 30.6 Å². The van der Waals surface area contributed by atoms with Crippen molar-refractivity contribution in [3.63, 3.8) is 0 Å². The van der Waals surface area contributed by atoms with E-state index in [4.69, 9.17) is 5.84 Å². The van der Waals surface area contributed by atoms with E-state index in [1.165, 1.54) is 0 Å². The van der Waals surface area contributed by atoms with Crippen LogP contribution in [0.2, 0.25) is 0 Å². The van der Waals surface area contributed by atoms with Crippen molar-refractivity contribution >= 4 is 17.5 Å². The summed E-state index contributed by atoms with van der Waals surface area (Å²) < 4.78 is 1.62. The Hall–Kier alpha value is -2.41. The quantitative estimate of drug-likeness (QED) is 0.564. The number of hydrogen-bond donors (Lipinski definition) is 3. The lowest BCUT2D eigenvalue weighted by Gasteiger charge is -2.08. The predicted molar refractivity (Wildman–Crippen MR) is 77.2 cm³/mol. The molecule has 106 valence electrons. The van der Waals surface area contributed by atoms with E-state index in [2.05, 4.69) is 27.7 Å². The lowest BCUT2D eigenvalue weighted by Crippen LogP contribution is -2.16. The van der Waals surface area contributed by atoms with E-state index < -0.39 is 0 Å². The Morgan fingerprint density at radius 1 is 1.40 bits per heavy atom. The fourth-order valence-corrected chi connectivity index (χ4v) is 1.85. The van der Waals surface area contributed by atoms with E-state index in [0.717, 1.165) is 18.5 Å². The molecule has 0 aliphatic carbocycles. The molecular weight excluding hydrogens is 256 g/mol. The number of aryl methyl sites for hydroxylation is 2. The van der Waals surface area contributed by atoms with Crippen LogP contribution in [0, 0.1) is 0 Å². The minimum Gasteiger partial charge on any atom is -0.308 e. The number of nitrogen functional groups attached to an aromatic ring is 1. The molecule has 1 amide bonds. The zero-order chi connectivity index (χ0) is 14.5. The predicted octanol–water partition coefficient (Wildman–Crippen LogP) is 1.31. The lowest BCUT2D eigenvalue weighted by atomic mass is 10.1. The number of rotatable bonds is 5. The van der Waals surface area contributed by atoms with Crippen LogP contribution in [0.15, 0.2) is 24.4 Å². The van der Waals surface area contributed by atoms with Gasteiger partial charge in [0.2, 0.25) is 0 Å². The van der Waals surface area contributed by atoms with Crippen LogP contribution < -0.4 is 16.6 Å². The molecule has 0 spiro atoms. The minimum absolute atomic E-state index is 0.236. The molecule has 0 bridgehead atoms. The maximum absolute atomic E-state index is 12.2. The van der Waals surface area contributed by atoms with Crippen molar-refractivity contribution < 1.29 is 4.79 Å². The number of carbonyl (C=O) groups is 1. The summed E-state index contributed by atoms with van der Waals surface area (Å²) in [6.45, 7) is 2.05. The summed E-state index contributed by atoms with van der Waals surface area (Å²) in [7, 11) is 1.79. The summed E-state index contributed by atoms with van der Waals surface area (Å²) in [5, 5.41) is 6.84. The van der Waals surface area contributed by atoms with Gasteiger partial charge in [-0.25, -0.2) is 10.8 Å². The highest BCUT2D eigenvalue weighted by Crippen LogP contribution is 2.13. The molecular formula is C13H18N6O. The van der Waals surface area contributed by atoms with Gasteiger partial charge in [0.1, 0.15) is 5.82 Å². The van der Waals surface area contributed by atoms with Gasteiger partial charge in [-0.1, -0.05) is 13.3 Å². The first-order valence-electron chi connectivity index (χ1n) is 6.41. The van der Waals surface area contributed by atoms with Gasteiger partial charge in [0.15, 0.2) is 5.82 Å². The highest BCUT2D eigenvalue weighted by atomic mass is 16.1.